The number of halogens is 2. The molecule has 1 atom stereocenters. The van der Waals surface area contributed by atoms with Crippen molar-refractivity contribution in [1.29, 1.82) is 0 Å². The number of aryl methyl sites for hydroxylation is 1. The van der Waals surface area contributed by atoms with Crippen molar-refractivity contribution in [3.8, 4) is 0 Å². The van der Waals surface area contributed by atoms with Gasteiger partial charge in [-0.05, 0) is 62.8 Å². The maximum atomic E-state index is 12.8. The minimum atomic E-state index is -3.92. The largest absolute Gasteiger partial charge is 0.350 e. The van der Waals surface area contributed by atoms with E-state index in [9.17, 15) is 13.2 Å². The first-order valence-electron chi connectivity index (χ1n) is 9.69. The number of hydrogen-bond donors (Lipinski definition) is 2. The van der Waals surface area contributed by atoms with Crippen LogP contribution in [0.15, 0.2) is 41.3 Å². The lowest BCUT2D eigenvalue weighted by molar-refractivity contribution is 0.0938. The molecule has 0 aromatic heterocycles. The molecule has 0 spiro atoms. The third-order valence-electron chi connectivity index (χ3n) is 4.91. The molecule has 0 aliphatic rings. The summed E-state index contributed by atoms with van der Waals surface area (Å²) in [5.41, 5.74) is 1.27. The Labute approximate surface area is 188 Å². The van der Waals surface area contributed by atoms with Gasteiger partial charge in [0.15, 0.2) is 0 Å². The second kappa shape index (κ2) is 10.5. The molecule has 6 nitrogen and oxygen atoms in total. The van der Waals surface area contributed by atoms with Crippen LogP contribution in [-0.4, -0.2) is 44.9 Å². The van der Waals surface area contributed by atoms with Crippen LogP contribution < -0.4 is 10.0 Å². The minimum absolute atomic E-state index is 0.0643. The highest BCUT2D eigenvalue weighted by molar-refractivity contribution is 7.92. The number of carbonyl (C=O) groups excluding carboxylic acids is 1. The van der Waals surface area contributed by atoms with Gasteiger partial charge < -0.3 is 5.32 Å². The molecule has 1 amide bonds. The van der Waals surface area contributed by atoms with E-state index in [1.807, 2.05) is 13.8 Å². The monoisotopic (exact) mass is 471 g/mol. The summed E-state index contributed by atoms with van der Waals surface area (Å²) in [4.78, 5) is 14.8. The number of amides is 1. The third kappa shape index (κ3) is 6.11. The first-order chi connectivity index (χ1) is 14.1. The highest BCUT2D eigenvalue weighted by atomic mass is 35.5. The molecule has 0 aliphatic heterocycles. The van der Waals surface area contributed by atoms with E-state index >= 15 is 0 Å². The van der Waals surface area contributed by atoms with E-state index in [4.69, 9.17) is 23.2 Å². The molecule has 0 saturated heterocycles. The first-order valence-corrected chi connectivity index (χ1v) is 11.9. The van der Waals surface area contributed by atoms with E-state index in [0.29, 0.717) is 17.3 Å². The highest BCUT2D eigenvalue weighted by Crippen LogP contribution is 2.25. The number of anilines is 1. The van der Waals surface area contributed by atoms with E-state index in [2.05, 4.69) is 28.8 Å². The summed E-state index contributed by atoms with van der Waals surface area (Å²) in [6.45, 7) is 10.1. The van der Waals surface area contributed by atoms with Gasteiger partial charge in [-0.25, -0.2) is 8.42 Å². The molecule has 1 unspecified atom stereocenters. The fraction of sp³-hybridized carbons (Fsp3) is 0.381. The first kappa shape index (κ1) is 24.5. The summed E-state index contributed by atoms with van der Waals surface area (Å²) in [5.74, 6) is -0.422. The quantitative estimate of drug-likeness (QED) is 0.561. The molecule has 0 saturated carbocycles. The van der Waals surface area contributed by atoms with Crippen LogP contribution in [0, 0.1) is 6.92 Å². The molecule has 0 fully saturated rings. The molecular formula is C21H27Cl2N3O3S. The van der Waals surface area contributed by atoms with Crippen molar-refractivity contribution in [3.05, 3.63) is 57.6 Å². The van der Waals surface area contributed by atoms with E-state index in [0.717, 1.165) is 18.7 Å². The van der Waals surface area contributed by atoms with Crippen molar-refractivity contribution in [2.75, 3.05) is 24.4 Å². The van der Waals surface area contributed by atoms with E-state index in [1.54, 1.807) is 12.1 Å². The Hall–Kier alpha value is -1.80. The van der Waals surface area contributed by atoms with Crippen LogP contribution >= 0.6 is 23.2 Å². The molecule has 0 aliphatic carbocycles. The van der Waals surface area contributed by atoms with Crippen molar-refractivity contribution in [2.24, 2.45) is 0 Å². The summed E-state index contributed by atoms with van der Waals surface area (Å²) in [6, 6.07) is 9.05. The van der Waals surface area contributed by atoms with Crippen molar-refractivity contribution in [1.82, 2.24) is 10.2 Å². The average molecular weight is 472 g/mol. The minimum Gasteiger partial charge on any atom is -0.350 e. The molecule has 2 aromatic carbocycles. The van der Waals surface area contributed by atoms with Gasteiger partial charge in [0.05, 0.1) is 21.2 Å². The Balaban J connectivity index is 2.20. The van der Waals surface area contributed by atoms with Gasteiger partial charge in [0.1, 0.15) is 0 Å². The average Bonchev–Trinajstić information content (AvgIpc) is 2.69. The van der Waals surface area contributed by atoms with Crippen molar-refractivity contribution in [2.45, 2.75) is 38.6 Å². The fourth-order valence-corrected chi connectivity index (χ4v) is 4.49. The fourth-order valence-electron chi connectivity index (χ4n) is 3.03. The number of hydrogen-bond acceptors (Lipinski definition) is 4. The number of nitrogens with zero attached hydrogens (tertiary/aromatic N) is 1. The molecule has 2 aromatic rings. The second-order valence-corrected chi connectivity index (χ2v) is 9.49. The van der Waals surface area contributed by atoms with Gasteiger partial charge >= 0.3 is 0 Å². The zero-order valence-electron chi connectivity index (χ0n) is 17.5. The molecule has 164 valence electrons. The summed E-state index contributed by atoms with van der Waals surface area (Å²) in [7, 11) is -3.92. The molecule has 30 heavy (non-hydrogen) atoms. The van der Waals surface area contributed by atoms with Gasteiger partial charge in [-0.1, -0.05) is 43.1 Å². The summed E-state index contributed by atoms with van der Waals surface area (Å²) in [6.07, 6.45) is 0. The van der Waals surface area contributed by atoms with Gasteiger partial charge in [0, 0.05) is 17.6 Å². The van der Waals surface area contributed by atoms with Gasteiger partial charge in [0.25, 0.3) is 15.9 Å². The molecule has 0 heterocycles. The number of rotatable bonds is 9. The lowest BCUT2D eigenvalue weighted by Gasteiger charge is -2.26. The van der Waals surface area contributed by atoms with E-state index in [1.165, 1.54) is 24.3 Å². The normalized spacial score (nSPS) is 12.6. The van der Waals surface area contributed by atoms with Gasteiger partial charge in [-0.3, -0.25) is 14.4 Å². The molecule has 0 radical (unpaired) electrons. The van der Waals surface area contributed by atoms with Gasteiger partial charge in [-0.15, -0.1) is 0 Å². The van der Waals surface area contributed by atoms with Crippen LogP contribution in [0.3, 0.4) is 0 Å². The second-order valence-electron chi connectivity index (χ2n) is 6.99. The van der Waals surface area contributed by atoms with E-state index in [-0.39, 0.29) is 21.5 Å². The number of nitrogens with one attached hydrogen (secondary N) is 2. The van der Waals surface area contributed by atoms with Gasteiger partial charge in [0.2, 0.25) is 0 Å². The Morgan fingerprint density at radius 1 is 1.07 bits per heavy atom. The smallest absolute Gasteiger partial charge is 0.261 e. The molecule has 2 N–H and O–H groups in total. The highest BCUT2D eigenvalue weighted by Gasteiger charge is 2.20. The Kier molecular flexibility index (Phi) is 8.55. The number of sulfonamides is 1. The maximum Gasteiger partial charge on any atom is 0.261 e. The molecular weight excluding hydrogens is 445 g/mol. The lowest BCUT2D eigenvalue weighted by Crippen LogP contribution is -2.42. The Morgan fingerprint density at radius 3 is 2.33 bits per heavy atom. The lowest BCUT2D eigenvalue weighted by atomic mass is 10.2. The number of carbonyl (C=O) groups is 1. The zero-order chi connectivity index (χ0) is 22.5. The van der Waals surface area contributed by atoms with Crippen LogP contribution in [0.2, 0.25) is 10.0 Å². The zero-order valence-corrected chi connectivity index (χ0v) is 19.8. The van der Waals surface area contributed by atoms with Crippen LogP contribution in [-0.2, 0) is 10.0 Å². The van der Waals surface area contributed by atoms with Crippen molar-refractivity contribution in [3.63, 3.8) is 0 Å². The number of benzene rings is 2. The third-order valence-corrected chi connectivity index (χ3v) is 7.03. The number of likely N-dealkylation sites (N-methyl/N-ethyl adjacent to an activating group) is 1. The Morgan fingerprint density at radius 2 is 1.73 bits per heavy atom. The van der Waals surface area contributed by atoms with Crippen LogP contribution in [0.4, 0.5) is 5.69 Å². The molecule has 9 heteroatoms. The van der Waals surface area contributed by atoms with Crippen molar-refractivity contribution >= 4 is 44.8 Å². The van der Waals surface area contributed by atoms with Crippen molar-refractivity contribution < 1.29 is 13.2 Å². The van der Waals surface area contributed by atoms with Crippen LogP contribution in [0.5, 0.6) is 0 Å². The predicted octanol–water partition coefficient (Wildman–Crippen LogP) is 4.56. The summed E-state index contributed by atoms with van der Waals surface area (Å²) in [5, 5.41) is 3.47. The van der Waals surface area contributed by atoms with E-state index < -0.39 is 15.9 Å². The van der Waals surface area contributed by atoms with Crippen LogP contribution in [0.25, 0.3) is 0 Å². The van der Waals surface area contributed by atoms with Gasteiger partial charge in [-0.2, -0.15) is 0 Å². The summed E-state index contributed by atoms with van der Waals surface area (Å²) < 4.78 is 28.0. The standard InChI is InChI=1S/C21H27Cl2N3O3S/c1-5-26(6-2)15(4)13-24-21(27)18-12-17(9-10-19(18)22)30(28,29)25-16-8-7-14(3)20(23)11-16/h7-12,15,25H,5-6,13H2,1-4H3,(H,24,27). The molecule has 2 rings (SSSR count). The predicted molar refractivity (Wildman–Crippen MR) is 123 cm³/mol. The van der Waals surface area contributed by atoms with Crippen LogP contribution in [0.1, 0.15) is 36.7 Å². The molecule has 0 bridgehead atoms. The SMILES string of the molecule is CCN(CC)C(C)CNC(=O)c1cc(S(=O)(=O)Nc2ccc(C)c(Cl)c2)ccc1Cl. The Bertz CT molecular complexity index is 1010. The topological polar surface area (TPSA) is 78.5 Å². The summed E-state index contributed by atoms with van der Waals surface area (Å²) >= 11 is 12.2. The maximum absolute atomic E-state index is 12.8.